The van der Waals surface area contributed by atoms with Gasteiger partial charge in [-0.25, -0.2) is 8.78 Å². The minimum Gasteiger partial charge on any atom is -0.403 e. The van der Waals surface area contributed by atoms with Crippen molar-refractivity contribution in [2.24, 2.45) is 8.73 Å². The standard InChI is InChI=1S/C28H10F8N4O2S4/c29-13-3-1-11(9-15(13)41-27(31,32)33)17-5-7-19(43-17)21-23-25(39-45-37-23)22(26-24(21)38-46-40-26)20-8-6-18(44-20)12-2-4-14(30)16(10-12)42-28(34,35)36/h1-10H. The van der Waals surface area contributed by atoms with Gasteiger partial charge in [0.1, 0.15) is 22.4 Å². The Labute approximate surface area is 267 Å². The molecule has 234 valence electrons. The van der Waals surface area contributed by atoms with Crippen LogP contribution in [0.1, 0.15) is 0 Å². The van der Waals surface area contributed by atoms with Crippen LogP contribution in [0.3, 0.4) is 0 Å². The maximum absolute atomic E-state index is 14.0. The van der Waals surface area contributed by atoms with E-state index in [0.717, 1.165) is 47.3 Å². The average Bonchev–Trinajstić information content (AvgIpc) is 3.80. The van der Waals surface area contributed by atoms with Crippen LogP contribution in [0, 0.1) is 11.6 Å². The molecule has 0 saturated heterocycles. The second-order valence-corrected chi connectivity index (χ2v) is 12.6. The van der Waals surface area contributed by atoms with Crippen molar-refractivity contribution in [3.8, 4) is 53.3 Å². The van der Waals surface area contributed by atoms with E-state index in [1.165, 1.54) is 34.8 Å². The Hall–Kier alpha value is -4.26. The monoisotopic (exact) mass is 714 g/mol. The number of hydrogen-bond acceptors (Lipinski definition) is 9. The molecular formula is C28H10F8N4O2S4. The molecule has 1 aliphatic heterocycles. The van der Waals surface area contributed by atoms with E-state index in [0.29, 0.717) is 64.2 Å². The second-order valence-electron chi connectivity index (χ2n) is 9.39. The number of ether oxygens (including phenoxy) is 2. The molecule has 0 spiro atoms. The van der Waals surface area contributed by atoms with Crippen LogP contribution in [0.4, 0.5) is 46.5 Å². The van der Waals surface area contributed by atoms with Crippen molar-refractivity contribution >= 4 is 68.2 Å². The van der Waals surface area contributed by atoms with Gasteiger partial charge in [-0.2, -0.15) is 17.5 Å². The van der Waals surface area contributed by atoms with Crippen LogP contribution >= 0.6 is 34.4 Å². The maximum atomic E-state index is 14.0. The van der Waals surface area contributed by atoms with Crippen LogP contribution in [0.2, 0.25) is 0 Å². The molecule has 0 amide bonds. The van der Waals surface area contributed by atoms with Gasteiger partial charge in [0, 0.05) is 30.6 Å². The number of alkyl halides is 6. The number of thiophene rings is 2. The highest BCUT2D eigenvalue weighted by Crippen LogP contribution is 2.55. The summed E-state index contributed by atoms with van der Waals surface area (Å²) in [6.07, 6.45) is -10.1. The topological polar surface area (TPSA) is 69.0 Å². The molecule has 3 aromatic carbocycles. The Bertz CT molecular complexity index is 2080. The Morgan fingerprint density at radius 3 is 1.37 bits per heavy atom. The first-order valence-electron chi connectivity index (χ1n) is 12.6. The van der Waals surface area contributed by atoms with Crippen LogP contribution in [-0.4, -0.2) is 21.5 Å². The Kier molecular flexibility index (Phi) is 7.41. The smallest absolute Gasteiger partial charge is 0.403 e. The van der Waals surface area contributed by atoms with Crippen molar-refractivity contribution in [3.63, 3.8) is 0 Å². The first-order chi connectivity index (χ1) is 21.8. The summed E-state index contributed by atoms with van der Waals surface area (Å²) in [7, 11) is 0. The van der Waals surface area contributed by atoms with Gasteiger partial charge in [0.15, 0.2) is 23.1 Å². The van der Waals surface area contributed by atoms with E-state index in [4.69, 9.17) is 0 Å². The van der Waals surface area contributed by atoms with Gasteiger partial charge in [-0.05, 0) is 59.7 Å². The zero-order valence-electron chi connectivity index (χ0n) is 22.0. The maximum Gasteiger partial charge on any atom is 0.573 e. The largest absolute Gasteiger partial charge is 0.573 e. The number of rotatable bonds is 6. The van der Waals surface area contributed by atoms with E-state index in [9.17, 15) is 35.1 Å². The number of halogens is 8. The van der Waals surface area contributed by atoms with Crippen molar-refractivity contribution < 1.29 is 44.6 Å². The van der Waals surface area contributed by atoms with Crippen molar-refractivity contribution in [2.45, 2.75) is 12.7 Å². The molecule has 0 atom stereocenters. The Morgan fingerprint density at radius 1 is 0.543 bits per heavy atom. The summed E-state index contributed by atoms with van der Waals surface area (Å²) in [5.74, 6) is -4.24. The van der Waals surface area contributed by atoms with Crippen molar-refractivity contribution in [2.75, 3.05) is 0 Å². The summed E-state index contributed by atoms with van der Waals surface area (Å²) < 4.78 is 130. The first-order valence-corrected chi connectivity index (χ1v) is 15.7. The number of aromatic nitrogens is 2. The van der Waals surface area contributed by atoms with Crippen LogP contribution in [0.15, 0.2) is 69.4 Å². The molecule has 46 heavy (non-hydrogen) atoms. The summed E-state index contributed by atoms with van der Waals surface area (Å²) in [6, 6.07) is 13.2. The lowest BCUT2D eigenvalue weighted by Crippen LogP contribution is -2.17. The third-order valence-corrected chi connectivity index (χ3v) is 9.87. The number of nitrogens with zero attached hydrogens (tertiary/aromatic N) is 4. The highest BCUT2D eigenvalue weighted by Gasteiger charge is 2.34. The predicted octanol–water partition coefficient (Wildman–Crippen LogP) is 11.3. The quantitative estimate of drug-likeness (QED) is 0.161. The van der Waals surface area contributed by atoms with E-state index >= 15 is 0 Å². The summed E-state index contributed by atoms with van der Waals surface area (Å²) in [5, 5.41) is 0. The molecule has 0 saturated carbocycles. The zero-order chi connectivity index (χ0) is 32.4. The minimum atomic E-state index is -5.07. The lowest BCUT2D eigenvalue weighted by Gasteiger charge is -2.11. The van der Waals surface area contributed by atoms with Gasteiger partial charge in [-0.15, -0.1) is 49.0 Å². The van der Waals surface area contributed by atoms with E-state index < -0.39 is 35.9 Å². The summed E-state index contributed by atoms with van der Waals surface area (Å²) in [5.41, 5.74) is 3.68. The average molecular weight is 715 g/mol. The van der Waals surface area contributed by atoms with Gasteiger partial charge in [-0.3, -0.25) is 0 Å². The molecule has 6 aromatic rings. The van der Waals surface area contributed by atoms with Gasteiger partial charge in [0.2, 0.25) is 0 Å². The molecule has 0 N–H and O–H groups in total. The number of hydrogen-bond donors (Lipinski definition) is 0. The SMILES string of the molecule is Fc1ccc(-c2ccc(-c3c4c(c(-c5ccc(-c6ccc(F)c(OC(F)(F)F)c6)s5)c5nsnc35)N=S=N4)s2)cc1OC(F)(F)F. The van der Waals surface area contributed by atoms with Gasteiger partial charge >= 0.3 is 12.7 Å². The molecule has 7 rings (SSSR count). The van der Waals surface area contributed by atoms with Gasteiger partial charge < -0.3 is 9.47 Å². The van der Waals surface area contributed by atoms with Crippen LogP contribution in [-0.2, 0) is 11.4 Å². The fraction of sp³-hybridized carbons (Fsp3) is 0.0714. The fourth-order valence-electron chi connectivity index (χ4n) is 4.70. The Balaban J connectivity index is 1.29. The lowest BCUT2D eigenvalue weighted by atomic mass is 10.0. The summed E-state index contributed by atoms with van der Waals surface area (Å²) in [6.45, 7) is 0. The number of fused-ring (bicyclic) bond motifs is 2. The summed E-state index contributed by atoms with van der Waals surface area (Å²) in [4.78, 5) is 2.34. The molecule has 0 bridgehead atoms. The van der Waals surface area contributed by atoms with Gasteiger partial charge in [0.05, 0.1) is 23.1 Å². The zero-order valence-corrected chi connectivity index (χ0v) is 25.3. The van der Waals surface area contributed by atoms with Crippen molar-refractivity contribution in [1.82, 2.24) is 8.75 Å². The Morgan fingerprint density at radius 2 is 0.957 bits per heavy atom. The molecule has 4 heterocycles. The minimum absolute atomic E-state index is 0.296. The molecule has 0 unspecified atom stereocenters. The van der Waals surface area contributed by atoms with Gasteiger partial charge in [-0.1, -0.05) is 12.1 Å². The van der Waals surface area contributed by atoms with Crippen LogP contribution in [0.5, 0.6) is 11.5 Å². The number of benzene rings is 3. The van der Waals surface area contributed by atoms with E-state index in [2.05, 4.69) is 26.9 Å². The van der Waals surface area contributed by atoms with E-state index in [1.807, 2.05) is 0 Å². The molecule has 3 aromatic heterocycles. The van der Waals surface area contributed by atoms with Crippen molar-refractivity contribution in [1.29, 1.82) is 0 Å². The van der Waals surface area contributed by atoms with E-state index in [1.54, 1.807) is 24.3 Å². The lowest BCUT2D eigenvalue weighted by molar-refractivity contribution is -0.276. The van der Waals surface area contributed by atoms with Crippen LogP contribution < -0.4 is 9.47 Å². The third-order valence-electron chi connectivity index (χ3n) is 6.51. The molecule has 0 fully saturated rings. The molecule has 1 aliphatic rings. The second kappa shape index (κ2) is 11.2. The molecular weight excluding hydrogens is 705 g/mol. The van der Waals surface area contributed by atoms with Gasteiger partial charge in [0.25, 0.3) is 0 Å². The first kappa shape index (κ1) is 30.4. The molecule has 0 aliphatic carbocycles. The predicted molar refractivity (Wildman–Crippen MR) is 160 cm³/mol. The molecule has 6 nitrogen and oxygen atoms in total. The molecule has 0 radical (unpaired) electrons. The normalized spacial score (nSPS) is 12.9. The highest BCUT2D eigenvalue weighted by molar-refractivity contribution is 7.58. The van der Waals surface area contributed by atoms with E-state index in [-0.39, 0.29) is 0 Å². The third kappa shape index (κ3) is 5.76. The van der Waals surface area contributed by atoms with Crippen molar-refractivity contribution in [3.05, 3.63) is 72.3 Å². The highest BCUT2D eigenvalue weighted by atomic mass is 32.1. The van der Waals surface area contributed by atoms with Crippen LogP contribution in [0.25, 0.3) is 52.8 Å². The molecule has 18 heteroatoms. The fourth-order valence-corrected chi connectivity index (χ4v) is 7.92. The summed E-state index contributed by atoms with van der Waals surface area (Å²) >= 11 is 4.30.